The lowest BCUT2D eigenvalue weighted by Crippen LogP contribution is -2.22. The smallest absolute Gasteiger partial charge is 0.142 e. The second-order valence-corrected chi connectivity index (χ2v) is 4.51. The number of fused-ring (bicyclic) bond motifs is 1. The summed E-state index contributed by atoms with van der Waals surface area (Å²) in [5, 5.41) is 11.4. The highest BCUT2D eigenvalue weighted by molar-refractivity contribution is 5.80. The fourth-order valence-electron chi connectivity index (χ4n) is 2.23. The van der Waals surface area contributed by atoms with Gasteiger partial charge in [-0.2, -0.15) is 0 Å². The molecule has 1 aliphatic rings. The minimum Gasteiger partial charge on any atom is -0.490 e. The Morgan fingerprint density at radius 1 is 1.47 bits per heavy atom. The Hall–Kier alpha value is -1.71. The molecule has 0 aliphatic heterocycles. The molecule has 0 aromatic heterocycles. The summed E-state index contributed by atoms with van der Waals surface area (Å²) < 4.78 is 5.74. The van der Waals surface area contributed by atoms with E-state index >= 15 is 0 Å². The molecule has 0 saturated heterocycles. The van der Waals surface area contributed by atoms with E-state index in [0.717, 1.165) is 12.2 Å². The summed E-state index contributed by atoms with van der Waals surface area (Å²) in [6.45, 7) is 1.91. The molecule has 0 heterocycles. The van der Waals surface area contributed by atoms with Crippen LogP contribution in [0.5, 0.6) is 5.75 Å². The van der Waals surface area contributed by atoms with Crippen LogP contribution in [0.15, 0.2) is 23.4 Å². The van der Waals surface area contributed by atoms with Gasteiger partial charge in [-0.15, -0.1) is 0 Å². The van der Waals surface area contributed by atoms with Crippen LogP contribution in [-0.2, 0) is 12.8 Å². The molecule has 4 nitrogen and oxygen atoms in total. The zero-order valence-electron chi connectivity index (χ0n) is 10.0. The van der Waals surface area contributed by atoms with E-state index in [-0.39, 0.29) is 11.9 Å². The largest absolute Gasteiger partial charge is 0.490 e. The molecule has 2 rings (SSSR count). The molecule has 1 aliphatic carbocycles. The van der Waals surface area contributed by atoms with Crippen molar-refractivity contribution < 1.29 is 9.94 Å². The fraction of sp³-hybridized carbons (Fsp3) is 0.462. The van der Waals surface area contributed by atoms with Crippen LogP contribution >= 0.6 is 0 Å². The number of rotatable bonds is 4. The summed E-state index contributed by atoms with van der Waals surface area (Å²) in [5.74, 6) is 1.06. The molecule has 0 amide bonds. The van der Waals surface area contributed by atoms with Gasteiger partial charge in [-0.05, 0) is 49.4 Å². The average molecular weight is 234 g/mol. The van der Waals surface area contributed by atoms with Gasteiger partial charge in [0.1, 0.15) is 17.7 Å². The molecule has 0 bridgehead atoms. The molecule has 17 heavy (non-hydrogen) atoms. The zero-order valence-corrected chi connectivity index (χ0v) is 10.0. The lowest BCUT2D eigenvalue weighted by Gasteiger charge is -2.14. The number of amidine groups is 1. The Labute approximate surface area is 101 Å². The van der Waals surface area contributed by atoms with Crippen LogP contribution in [0.3, 0.4) is 0 Å². The van der Waals surface area contributed by atoms with Crippen molar-refractivity contribution in [2.24, 2.45) is 10.9 Å². The number of hydrogen-bond acceptors (Lipinski definition) is 3. The molecular formula is C13H18N2O2. The standard InChI is InChI=1S/C13H18N2O2/c1-9(7-13(14)15-16)17-12-6-5-10-3-2-4-11(10)8-12/h5-6,8-9,16H,2-4,7H2,1H3,(H2,14,15). The predicted molar refractivity (Wildman–Crippen MR) is 66.6 cm³/mol. The number of nitrogens with zero attached hydrogens (tertiary/aromatic N) is 1. The molecule has 0 fully saturated rings. The van der Waals surface area contributed by atoms with Gasteiger partial charge in [0.25, 0.3) is 0 Å². The van der Waals surface area contributed by atoms with Gasteiger partial charge in [0, 0.05) is 6.42 Å². The fourth-order valence-corrected chi connectivity index (χ4v) is 2.23. The summed E-state index contributed by atoms with van der Waals surface area (Å²) in [6, 6.07) is 6.23. The van der Waals surface area contributed by atoms with Crippen LogP contribution in [0.25, 0.3) is 0 Å². The van der Waals surface area contributed by atoms with E-state index < -0.39 is 0 Å². The van der Waals surface area contributed by atoms with E-state index in [1.165, 1.54) is 24.0 Å². The molecular weight excluding hydrogens is 216 g/mol. The average Bonchev–Trinajstić information content (AvgIpc) is 2.75. The number of nitrogens with two attached hydrogens (primary N) is 1. The van der Waals surface area contributed by atoms with E-state index in [1.54, 1.807) is 0 Å². The maximum absolute atomic E-state index is 8.48. The topological polar surface area (TPSA) is 67.8 Å². The van der Waals surface area contributed by atoms with Crippen molar-refractivity contribution in [3.8, 4) is 5.75 Å². The number of hydrogen-bond donors (Lipinski definition) is 2. The van der Waals surface area contributed by atoms with Crippen molar-refractivity contribution in [3.05, 3.63) is 29.3 Å². The first-order valence-electron chi connectivity index (χ1n) is 5.94. The van der Waals surface area contributed by atoms with E-state index in [9.17, 15) is 0 Å². The second-order valence-electron chi connectivity index (χ2n) is 4.51. The summed E-state index contributed by atoms with van der Waals surface area (Å²) >= 11 is 0. The van der Waals surface area contributed by atoms with Gasteiger partial charge in [0.2, 0.25) is 0 Å². The van der Waals surface area contributed by atoms with Crippen molar-refractivity contribution in [3.63, 3.8) is 0 Å². The first-order valence-corrected chi connectivity index (χ1v) is 5.94. The minimum atomic E-state index is -0.0923. The van der Waals surface area contributed by atoms with Gasteiger partial charge < -0.3 is 15.7 Å². The van der Waals surface area contributed by atoms with Crippen LogP contribution in [0.2, 0.25) is 0 Å². The zero-order chi connectivity index (χ0) is 12.3. The molecule has 4 heteroatoms. The molecule has 0 spiro atoms. The van der Waals surface area contributed by atoms with Crippen LogP contribution in [0, 0.1) is 0 Å². The highest BCUT2D eigenvalue weighted by Crippen LogP contribution is 2.26. The van der Waals surface area contributed by atoms with Crippen molar-refractivity contribution in [2.75, 3.05) is 0 Å². The summed E-state index contributed by atoms with van der Waals surface area (Å²) in [6.07, 6.45) is 3.88. The third-order valence-electron chi connectivity index (χ3n) is 3.03. The number of oxime groups is 1. The quantitative estimate of drug-likeness (QED) is 0.363. The molecule has 3 N–H and O–H groups in total. The third-order valence-corrected chi connectivity index (χ3v) is 3.03. The van der Waals surface area contributed by atoms with Crippen molar-refractivity contribution in [1.29, 1.82) is 0 Å². The lowest BCUT2D eigenvalue weighted by atomic mass is 10.1. The van der Waals surface area contributed by atoms with E-state index in [0.29, 0.717) is 6.42 Å². The van der Waals surface area contributed by atoms with Crippen molar-refractivity contribution in [1.82, 2.24) is 0 Å². The highest BCUT2D eigenvalue weighted by atomic mass is 16.5. The highest BCUT2D eigenvalue weighted by Gasteiger charge is 2.13. The van der Waals surface area contributed by atoms with Gasteiger partial charge in [-0.25, -0.2) is 0 Å². The summed E-state index contributed by atoms with van der Waals surface area (Å²) in [7, 11) is 0. The predicted octanol–water partition coefficient (Wildman–Crippen LogP) is 2.08. The number of ether oxygens (including phenoxy) is 1. The van der Waals surface area contributed by atoms with Gasteiger partial charge in [0.15, 0.2) is 0 Å². The molecule has 1 unspecified atom stereocenters. The van der Waals surface area contributed by atoms with Crippen LogP contribution in [0.4, 0.5) is 0 Å². The Kier molecular flexibility index (Phi) is 3.52. The van der Waals surface area contributed by atoms with E-state index in [1.807, 2.05) is 13.0 Å². The molecule has 1 aromatic carbocycles. The van der Waals surface area contributed by atoms with Gasteiger partial charge in [-0.1, -0.05) is 11.2 Å². The number of aryl methyl sites for hydroxylation is 2. The Balaban J connectivity index is 1.99. The maximum Gasteiger partial charge on any atom is 0.142 e. The Morgan fingerprint density at radius 2 is 2.24 bits per heavy atom. The normalized spacial score (nSPS) is 16.6. The molecule has 92 valence electrons. The monoisotopic (exact) mass is 234 g/mol. The summed E-state index contributed by atoms with van der Waals surface area (Å²) in [5.41, 5.74) is 8.26. The van der Waals surface area contributed by atoms with E-state index in [4.69, 9.17) is 15.7 Å². The van der Waals surface area contributed by atoms with Crippen LogP contribution in [-0.4, -0.2) is 17.1 Å². The van der Waals surface area contributed by atoms with Gasteiger partial charge in [0.05, 0.1) is 0 Å². The van der Waals surface area contributed by atoms with Crippen LogP contribution in [0.1, 0.15) is 30.9 Å². The first-order chi connectivity index (χ1) is 8.19. The SMILES string of the molecule is CC(CC(N)=NO)Oc1ccc2c(c1)CCC2. The van der Waals surface area contributed by atoms with Crippen LogP contribution < -0.4 is 10.5 Å². The van der Waals surface area contributed by atoms with Gasteiger partial charge >= 0.3 is 0 Å². The molecule has 1 aromatic rings. The Morgan fingerprint density at radius 3 is 3.00 bits per heavy atom. The molecule has 0 radical (unpaired) electrons. The first kappa shape index (κ1) is 11.8. The maximum atomic E-state index is 8.48. The molecule has 0 saturated carbocycles. The van der Waals surface area contributed by atoms with E-state index in [2.05, 4.69) is 17.3 Å². The summed E-state index contributed by atoms with van der Waals surface area (Å²) in [4.78, 5) is 0. The number of benzene rings is 1. The second kappa shape index (κ2) is 5.08. The molecule has 1 atom stereocenters. The minimum absolute atomic E-state index is 0.0923. The third kappa shape index (κ3) is 2.90. The lowest BCUT2D eigenvalue weighted by molar-refractivity contribution is 0.226. The Bertz CT molecular complexity index is 429. The van der Waals surface area contributed by atoms with Gasteiger partial charge in [-0.3, -0.25) is 0 Å². The van der Waals surface area contributed by atoms with Crippen molar-refractivity contribution in [2.45, 2.75) is 38.7 Å². The van der Waals surface area contributed by atoms with Crippen molar-refractivity contribution >= 4 is 5.84 Å².